The molecule has 4 aliphatic rings. The number of carbonyl (C=O) groups is 2. The number of hydrogen-bond acceptors (Lipinski definition) is 2. The van der Waals surface area contributed by atoms with Crippen LogP contribution in [0, 0.1) is 34.5 Å². The smallest absolute Gasteiger partial charge is 0.246 e. The molecule has 3 saturated carbocycles. The van der Waals surface area contributed by atoms with Gasteiger partial charge in [0, 0.05) is 37.5 Å². The molecule has 2 aromatic rings. The van der Waals surface area contributed by atoms with Crippen molar-refractivity contribution in [3.63, 3.8) is 0 Å². The van der Waals surface area contributed by atoms with Crippen LogP contribution in [0.5, 0.6) is 0 Å². The van der Waals surface area contributed by atoms with Gasteiger partial charge in [0.25, 0.3) is 0 Å². The molecular weight excluding hydrogens is 468 g/mol. The predicted molar refractivity (Wildman–Crippen MR) is 151 cm³/mol. The molecule has 6 rings (SSSR count). The summed E-state index contributed by atoms with van der Waals surface area (Å²) >= 11 is 0. The molecule has 4 nitrogen and oxygen atoms in total. The highest BCUT2D eigenvalue weighted by Crippen LogP contribution is 2.65. The van der Waals surface area contributed by atoms with Crippen molar-refractivity contribution in [3.05, 3.63) is 83.9 Å². The van der Waals surface area contributed by atoms with Crippen molar-refractivity contribution in [3.8, 4) is 0 Å². The van der Waals surface area contributed by atoms with E-state index in [1.807, 2.05) is 30.2 Å². The Labute approximate surface area is 228 Å². The molecule has 0 spiro atoms. The van der Waals surface area contributed by atoms with Gasteiger partial charge in [-0.05, 0) is 78.9 Å². The first-order valence-electron chi connectivity index (χ1n) is 14.6. The molecule has 200 valence electrons. The minimum absolute atomic E-state index is 0.0433. The highest BCUT2D eigenvalue weighted by molar-refractivity contribution is 5.89. The summed E-state index contributed by atoms with van der Waals surface area (Å²) in [7, 11) is 1.99. The first-order chi connectivity index (χ1) is 18.3. The average molecular weight is 511 g/mol. The summed E-state index contributed by atoms with van der Waals surface area (Å²) in [6.45, 7) is 6.15. The van der Waals surface area contributed by atoms with E-state index in [4.69, 9.17) is 0 Å². The van der Waals surface area contributed by atoms with Crippen LogP contribution in [0.1, 0.15) is 63.5 Å². The van der Waals surface area contributed by atoms with E-state index >= 15 is 0 Å². The number of carbonyl (C=O) groups excluding carboxylic acids is 2. The summed E-state index contributed by atoms with van der Waals surface area (Å²) in [6.07, 6.45) is 10.7. The van der Waals surface area contributed by atoms with Crippen LogP contribution in [-0.4, -0.2) is 34.7 Å². The Morgan fingerprint density at radius 1 is 0.868 bits per heavy atom. The van der Waals surface area contributed by atoms with Gasteiger partial charge in [-0.1, -0.05) is 80.6 Å². The molecule has 0 saturated heterocycles. The van der Waals surface area contributed by atoms with Crippen molar-refractivity contribution in [1.82, 2.24) is 9.80 Å². The highest BCUT2D eigenvalue weighted by atomic mass is 16.2. The van der Waals surface area contributed by atoms with Gasteiger partial charge in [-0.2, -0.15) is 0 Å². The SMILES string of the molecule is CN1C(=O)C=C[C@@]2(C)C1CC[C@@H]1[C@H]2CC[C@]2(C)C(C(=O)N(Cc3ccccc3)Cc3ccccc3)CC[C@@H]12. The molecule has 0 bridgehead atoms. The predicted octanol–water partition coefficient (Wildman–Crippen LogP) is 6.47. The van der Waals surface area contributed by atoms with Gasteiger partial charge >= 0.3 is 0 Å². The van der Waals surface area contributed by atoms with Crippen LogP contribution in [-0.2, 0) is 22.7 Å². The molecule has 0 aromatic heterocycles. The first-order valence-corrected chi connectivity index (χ1v) is 14.6. The third-order valence-electron chi connectivity index (χ3n) is 11.2. The molecule has 0 N–H and O–H groups in total. The number of hydrogen-bond donors (Lipinski definition) is 0. The number of benzene rings is 2. The van der Waals surface area contributed by atoms with Crippen LogP contribution in [0.4, 0.5) is 0 Å². The Hall–Kier alpha value is -2.88. The Bertz CT molecular complexity index is 1170. The lowest BCUT2D eigenvalue weighted by molar-refractivity contribution is -0.148. The number of fused-ring (bicyclic) bond motifs is 5. The maximum absolute atomic E-state index is 14.4. The normalized spacial score (nSPS) is 35.8. The number of nitrogens with zero attached hydrogens (tertiary/aromatic N) is 2. The lowest BCUT2D eigenvalue weighted by Gasteiger charge is -2.60. The molecule has 1 heterocycles. The maximum Gasteiger partial charge on any atom is 0.246 e. The van der Waals surface area contributed by atoms with E-state index in [1.54, 1.807) is 0 Å². The molecule has 7 atom stereocenters. The zero-order valence-electron chi connectivity index (χ0n) is 23.2. The van der Waals surface area contributed by atoms with Crippen molar-refractivity contribution < 1.29 is 9.59 Å². The monoisotopic (exact) mass is 510 g/mol. The highest BCUT2D eigenvalue weighted by Gasteiger charge is 2.61. The lowest BCUT2D eigenvalue weighted by Crippen LogP contribution is -2.60. The van der Waals surface area contributed by atoms with E-state index in [-0.39, 0.29) is 22.7 Å². The van der Waals surface area contributed by atoms with Crippen LogP contribution >= 0.6 is 0 Å². The maximum atomic E-state index is 14.4. The van der Waals surface area contributed by atoms with Crippen LogP contribution in [0.15, 0.2) is 72.8 Å². The fourth-order valence-corrected chi connectivity index (χ4v) is 9.18. The summed E-state index contributed by atoms with van der Waals surface area (Å²) < 4.78 is 0. The van der Waals surface area contributed by atoms with E-state index < -0.39 is 0 Å². The Morgan fingerprint density at radius 2 is 1.50 bits per heavy atom. The summed E-state index contributed by atoms with van der Waals surface area (Å²) in [5.41, 5.74) is 2.47. The van der Waals surface area contributed by atoms with Gasteiger partial charge in [-0.15, -0.1) is 0 Å². The van der Waals surface area contributed by atoms with Gasteiger partial charge in [-0.3, -0.25) is 9.59 Å². The van der Waals surface area contributed by atoms with Gasteiger partial charge in [0.2, 0.25) is 11.8 Å². The van der Waals surface area contributed by atoms with Crippen molar-refractivity contribution in [2.24, 2.45) is 34.5 Å². The van der Waals surface area contributed by atoms with Gasteiger partial charge < -0.3 is 9.80 Å². The summed E-state index contributed by atoms with van der Waals surface area (Å²) in [6, 6.07) is 21.2. The third kappa shape index (κ3) is 4.12. The number of likely N-dealkylation sites (N-methyl/N-ethyl adjacent to an activating group) is 1. The molecular formula is C34H42N2O2. The molecule has 4 heteroatoms. The second-order valence-corrected chi connectivity index (χ2v) is 13.0. The largest absolute Gasteiger partial charge is 0.338 e. The number of amides is 2. The van der Waals surface area contributed by atoms with Crippen molar-refractivity contribution in [2.75, 3.05) is 7.05 Å². The molecule has 2 unspecified atom stereocenters. The van der Waals surface area contributed by atoms with Gasteiger partial charge in [0.15, 0.2) is 0 Å². The van der Waals surface area contributed by atoms with E-state index in [9.17, 15) is 9.59 Å². The topological polar surface area (TPSA) is 40.6 Å². The lowest BCUT2D eigenvalue weighted by atomic mass is 9.47. The van der Waals surface area contributed by atoms with E-state index in [0.717, 1.165) is 32.1 Å². The van der Waals surface area contributed by atoms with Gasteiger partial charge in [0.05, 0.1) is 0 Å². The summed E-state index contributed by atoms with van der Waals surface area (Å²) in [5.74, 6) is 2.37. The van der Waals surface area contributed by atoms with Crippen molar-refractivity contribution in [2.45, 2.75) is 71.5 Å². The van der Waals surface area contributed by atoms with Gasteiger partial charge in [-0.25, -0.2) is 0 Å². The van der Waals surface area contributed by atoms with Crippen LogP contribution < -0.4 is 0 Å². The second kappa shape index (κ2) is 9.70. The minimum atomic E-state index is 0.0433. The molecule has 2 aromatic carbocycles. The van der Waals surface area contributed by atoms with Crippen LogP contribution in [0.3, 0.4) is 0 Å². The molecule has 1 aliphatic heterocycles. The molecule has 2 amide bonds. The minimum Gasteiger partial charge on any atom is -0.338 e. The third-order valence-corrected chi connectivity index (χ3v) is 11.2. The first kappa shape index (κ1) is 25.4. The van der Waals surface area contributed by atoms with Gasteiger partial charge in [0.1, 0.15) is 0 Å². The fourth-order valence-electron chi connectivity index (χ4n) is 9.18. The van der Waals surface area contributed by atoms with E-state index in [2.05, 4.69) is 73.4 Å². The standard InChI is InChI=1S/C34H42N2O2/c1-33-20-18-28-26(14-17-30-34(28,2)21-19-31(37)35(30)3)27(33)15-16-29(33)32(38)36(22-24-10-6-4-7-11-24)23-25-12-8-5-9-13-25/h4-13,19,21,26-30H,14-18,20,22-23H2,1-3H3/t26-,27-,28+,29?,30?,33-,34+/m0/s1. The molecule has 3 fully saturated rings. The van der Waals surface area contributed by atoms with Crippen molar-refractivity contribution in [1.29, 1.82) is 0 Å². The second-order valence-electron chi connectivity index (χ2n) is 13.0. The summed E-state index contributed by atoms with van der Waals surface area (Å²) in [4.78, 5) is 31.0. The van der Waals surface area contributed by atoms with E-state index in [1.165, 1.54) is 17.5 Å². The zero-order valence-corrected chi connectivity index (χ0v) is 23.2. The zero-order chi connectivity index (χ0) is 26.5. The van der Waals surface area contributed by atoms with E-state index in [0.29, 0.717) is 42.8 Å². The Balaban J connectivity index is 1.26. The van der Waals surface area contributed by atoms with Crippen LogP contribution in [0.25, 0.3) is 0 Å². The Morgan fingerprint density at radius 3 is 2.13 bits per heavy atom. The number of rotatable bonds is 5. The van der Waals surface area contributed by atoms with Crippen molar-refractivity contribution >= 4 is 11.8 Å². The molecule has 3 aliphatic carbocycles. The molecule has 0 radical (unpaired) electrons. The molecule has 38 heavy (non-hydrogen) atoms. The fraction of sp³-hybridized carbons (Fsp3) is 0.529. The quantitative estimate of drug-likeness (QED) is 0.462. The summed E-state index contributed by atoms with van der Waals surface area (Å²) in [5, 5.41) is 0. The average Bonchev–Trinajstić information content (AvgIpc) is 3.29. The van der Waals surface area contributed by atoms with Crippen LogP contribution in [0.2, 0.25) is 0 Å². The Kier molecular flexibility index (Phi) is 6.48.